The highest BCUT2D eigenvalue weighted by molar-refractivity contribution is 5.86. The molecule has 2 aromatic rings. The topological polar surface area (TPSA) is 94.1 Å². The van der Waals surface area contributed by atoms with Crippen molar-refractivity contribution in [1.82, 2.24) is 30.6 Å². The summed E-state index contributed by atoms with van der Waals surface area (Å²) < 4.78 is 11.6. The highest BCUT2D eigenvalue weighted by Crippen LogP contribution is 2.29. The monoisotopic (exact) mass is 518 g/mol. The van der Waals surface area contributed by atoms with Gasteiger partial charge in [0.2, 0.25) is 11.8 Å². The Morgan fingerprint density at radius 1 is 0.576 bits per heavy atom. The minimum atomic E-state index is 0. The lowest BCUT2D eigenvalue weighted by Crippen LogP contribution is -2.42. The average molecular weight is 520 g/mol. The molecule has 4 saturated heterocycles. The molecule has 33 heavy (non-hydrogen) atoms. The molecule has 4 aliphatic rings. The van der Waals surface area contributed by atoms with Crippen LogP contribution >= 0.6 is 37.2 Å². The first-order chi connectivity index (χ1) is 14.8. The number of nitrogens with zero attached hydrogens (tertiary/aromatic N) is 4. The van der Waals surface area contributed by atoms with Crippen LogP contribution in [0.25, 0.3) is 0 Å². The van der Waals surface area contributed by atoms with Crippen molar-refractivity contribution in [3.8, 4) is 11.8 Å². The summed E-state index contributed by atoms with van der Waals surface area (Å²) in [6.07, 6.45) is 20.3. The third kappa shape index (κ3) is 7.79. The van der Waals surface area contributed by atoms with Crippen molar-refractivity contribution in [2.45, 2.75) is 87.7 Å². The molecule has 0 aliphatic carbocycles. The molecule has 4 unspecified atom stereocenters. The van der Waals surface area contributed by atoms with Crippen LogP contribution in [-0.2, 0) is 0 Å². The van der Waals surface area contributed by atoms with Gasteiger partial charge in [-0.15, -0.1) is 37.2 Å². The van der Waals surface area contributed by atoms with Crippen LogP contribution in [0.1, 0.15) is 51.4 Å². The Balaban J connectivity index is 0.000000214. The van der Waals surface area contributed by atoms with Crippen LogP contribution in [0, 0.1) is 0 Å². The van der Waals surface area contributed by atoms with Crippen molar-refractivity contribution in [2.75, 3.05) is 0 Å². The van der Waals surface area contributed by atoms with Crippen LogP contribution < -0.4 is 20.1 Å². The fraction of sp³-hybridized carbons (Fsp3) is 0.636. The number of fused-ring (bicyclic) bond motifs is 4. The van der Waals surface area contributed by atoms with Crippen LogP contribution in [0.3, 0.4) is 0 Å². The lowest BCUT2D eigenvalue weighted by molar-refractivity contribution is 0.131. The molecule has 2 N–H and O–H groups in total. The van der Waals surface area contributed by atoms with Crippen LogP contribution in [-0.4, -0.2) is 56.3 Å². The molecule has 0 saturated carbocycles. The number of nitrogens with one attached hydrogen (secondary N) is 2. The highest BCUT2D eigenvalue weighted by atomic mass is 35.5. The number of halogens is 3. The van der Waals surface area contributed by atoms with E-state index in [2.05, 4.69) is 30.6 Å². The minimum absolute atomic E-state index is 0. The van der Waals surface area contributed by atoms with E-state index in [0.29, 0.717) is 48.1 Å². The van der Waals surface area contributed by atoms with E-state index in [0.717, 1.165) is 25.7 Å². The van der Waals surface area contributed by atoms with Gasteiger partial charge >= 0.3 is 0 Å². The number of aromatic nitrogens is 4. The van der Waals surface area contributed by atoms with Gasteiger partial charge in [-0.1, -0.05) is 0 Å². The van der Waals surface area contributed by atoms with E-state index in [9.17, 15) is 0 Å². The molecule has 4 bridgehead atoms. The lowest BCUT2D eigenvalue weighted by atomic mass is 10.0. The number of hydrogen-bond donors (Lipinski definition) is 2. The first-order valence-electron chi connectivity index (χ1n) is 11.2. The Morgan fingerprint density at radius 3 is 1.24 bits per heavy atom. The second-order valence-electron chi connectivity index (χ2n) is 8.79. The van der Waals surface area contributed by atoms with Gasteiger partial charge in [0.05, 0.1) is 12.4 Å². The maximum Gasteiger partial charge on any atom is 0.232 e. The normalized spacial score (nSPS) is 30.9. The molecule has 2 aromatic heterocycles. The first kappa shape index (κ1) is 27.8. The van der Waals surface area contributed by atoms with E-state index < -0.39 is 0 Å². The van der Waals surface area contributed by atoms with E-state index in [4.69, 9.17) is 9.47 Å². The maximum absolute atomic E-state index is 5.82. The number of rotatable bonds is 4. The van der Waals surface area contributed by atoms with Crippen molar-refractivity contribution in [3.05, 3.63) is 37.2 Å². The predicted octanol–water partition coefficient (Wildman–Crippen LogP) is 3.54. The number of ether oxygens (including phenoxy) is 2. The van der Waals surface area contributed by atoms with Gasteiger partial charge in [0, 0.05) is 49.0 Å². The third-order valence-electron chi connectivity index (χ3n) is 6.51. The van der Waals surface area contributed by atoms with Crippen LogP contribution in [0.5, 0.6) is 11.8 Å². The smallest absolute Gasteiger partial charge is 0.232 e. The highest BCUT2D eigenvalue weighted by Gasteiger charge is 2.35. The molecule has 4 aliphatic heterocycles. The standard InChI is InChI=1S/2C11H15N3O.3ClH/c2*1-2-9-6-10(5-8(1)14-9)15-11-7-12-3-4-13-11;;;/h2*3-4,7-10,14H,1-2,5-6H2;3*1H. The maximum atomic E-state index is 5.82. The molecular formula is C22H33Cl3N6O2. The fourth-order valence-electron chi connectivity index (χ4n) is 5.24. The molecule has 0 radical (unpaired) electrons. The Bertz CT molecular complexity index is 718. The molecule has 4 fully saturated rings. The third-order valence-corrected chi connectivity index (χ3v) is 6.51. The Hall–Kier alpha value is -1.45. The molecule has 0 aromatic carbocycles. The Kier molecular flexibility index (Phi) is 11.3. The van der Waals surface area contributed by atoms with Crippen LogP contribution in [0.15, 0.2) is 37.2 Å². The van der Waals surface area contributed by atoms with Crippen molar-refractivity contribution in [3.63, 3.8) is 0 Å². The SMILES string of the molecule is Cl.Cl.Cl.c1cnc(OC2CC3CCC(C2)N3)cn1.c1cnc(OC2CC3CCC(C2)N3)cn1. The van der Waals surface area contributed by atoms with Gasteiger partial charge in [0.25, 0.3) is 0 Å². The van der Waals surface area contributed by atoms with Gasteiger partial charge in [-0.05, 0) is 51.4 Å². The van der Waals surface area contributed by atoms with Gasteiger partial charge in [-0.25, -0.2) is 9.97 Å². The lowest BCUT2D eigenvalue weighted by Gasteiger charge is -2.28. The molecule has 11 heteroatoms. The molecule has 6 rings (SSSR count). The summed E-state index contributed by atoms with van der Waals surface area (Å²) in [6, 6.07) is 2.63. The molecule has 184 valence electrons. The van der Waals surface area contributed by atoms with Crippen molar-refractivity contribution >= 4 is 37.2 Å². The second-order valence-corrected chi connectivity index (χ2v) is 8.79. The minimum Gasteiger partial charge on any atom is -0.473 e. The summed E-state index contributed by atoms with van der Waals surface area (Å²) in [6.45, 7) is 0. The fourth-order valence-corrected chi connectivity index (χ4v) is 5.24. The second kappa shape index (κ2) is 13.4. The van der Waals surface area contributed by atoms with Crippen molar-refractivity contribution < 1.29 is 9.47 Å². The summed E-state index contributed by atoms with van der Waals surface area (Å²) in [7, 11) is 0. The average Bonchev–Trinajstić information content (AvgIpc) is 3.30. The van der Waals surface area contributed by atoms with Gasteiger partial charge in [-0.3, -0.25) is 9.97 Å². The zero-order valence-corrected chi connectivity index (χ0v) is 20.9. The van der Waals surface area contributed by atoms with E-state index in [1.54, 1.807) is 37.2 Å². The summed E-state index contributed by atoms with van der Waals surface area (Å²) in [5, 5.41) is 7.18. The molecule has 0 amide bonds. The summed E-state index contributed by atoms with van der Waals surface area (Å²) in [5.41, 5.74) is 0. The van der Waals surface area contributed by atoms with Gasteiger partial charge in [0.15, 0.2) is 0 Å². The quantitative estimate of drug-likeness (QED) is 0.633. The van der Waals surface area contributed by atoms with Crippen molar-refractivity contribution in [2.24, 2.45) is 0 Å². The van der Waals surface area contributed by atoms with E-state index >= 15 is 0 Å². The van der Waals surface area contributed by atoms with Crippen LogP contribution in [0.2, 0.25) is 0 Å². The van der Waals surface area contributed by atoms with Gasteiger partial charge < -0.3 is 20.1 Å². The predicted molar refractivity (Wildman–Crippen MR) is 133 cm³/mol. The van der Waals surface area contributed by atoms with Gasteiger partial charge in [0.1, 0.15) is 12.2 Å². The Morgan fingerprint density at radius 2 is 0.939 bits per heavy atom. The molecule has 0 spiro atoms. The van der Waals surface area contributed by atoms with E-state index in [-0.39, 0.29) is 37.2 Å². The van der Waals surface area contributed by atoms with E-state index in [1.165, 1.54) is 25.7 Å². The molecule has 6 heterocycles. The van der Waals surface area contributed by atoms with Gasteiger partial charge in [-0.2, -0.15) is 0 Å². The summed E-state index contributed by atoms with van der Waals surface area (Å²) >= 11 is 0. The van der Waals surface area contributed by atoms with Crippen LogP contribution in [0.4, 0.5) is 0 Å². The zero-order chi connectivity index (χ0) is 20.2. The first-order valence-corrected chi connectivity index (χ1v) is 11.2. The van der Waals surface area contributed by atoms with Crippen molar-refractivity contribution in [1.29, 1.82) is 0 Å². The Labute approximate surface area is 213 Å². The number of piperidine rings is 2. The molecule has 4 atom stereocenters. The molecular weight excluding hydrogens is 487 g/mol. The zero-order valence-electron chi connectivity index (χ0n) is 18.4. The number of hydrogen-bond acceptors (Lipinski definition) is 8. The molecule has 8 nitrogen and oxygen atoms in total. The largest absolute Gasteiger partial charge is 0.473 e. The summed E-state index contributed by atoms with van der Waals surface area (Å²) in [4.78, 5) is 16.3. The van der Waals surface area contributed by atoms with E-state index in [1.807, 2.05) is 0 Å². The summed E-state index contributed by atoms with van der Waals surface area (Å²) in [5.74, 6) is 1.31.